The van der Waals surface area contributed by atoms with Crippen molar-refractivity contribution in [1.82, 2.24) is 0 Å². The molecule has 0 heterocycles. The second-order valence-electron chi connectivity index (χ2n) is 4.15. The molecule has 2 aromatic carbocycles. The van der Waals surface area contributed by atoms with E-state index in [-0.39, 0.29) is 5.82 Å². The molecule has 0 bridgehead atoms. The molecule has 17 heavy (non-hydrogen) atoms. The number of rotatable bonds is 2. The summed E-state index contributed by atoms with van der Waals surface area (Å²) in [5, 5.41) is 0. The van der Waals surface area contributed by atoms with E-state index in [0.717, 1.165) is 28.5 Å². The lowest BCUT2D eigenvalue weighted by Crippen LogP contribution is -1.92. The van der Waals surface area contributed by atoms with Crippen molar-refractivity contribution >= 4 is 6.29 Å². The molecule has 0 amide bonds. The summed E-state index contributed by atoms with van der Waals surface area (Å²) in [4.78, 5) is 10.8. The molecule has 0 aliphatic heterocycles. The van der Waals surface area contributed by atoms with Crippen LogP contribution in [0.3, 0.4) is 0 Å². The van der Waals surface area contributed by atoms with Crippen LogP contribution in [0.1, 0.15) is 21.5 Å². The number of halogens is 1. The molecule has 0 aromatic heterocycles. The second kappa shape index (κ2) is 4.50. The van der Waals surface area contributed by atoms with Crippen molar-refractivity contribution < 1.29 is 9.18 Å². The molecular weight excluding hydrogens is 215 g/mol. The van der Waals surface area contributed by atoms with E-state index in [1.165, 1.54) is 12.1 Å². The Balaban J connectivity index is 2.59. The molecule has 0 atom stereocenters. The monoisotopic (exact) mass is 228 g/mol. The molecule has 0 unspecified atom stereocenters. The molecule has 86 valence electrons. The highest BCUT2D eigenvalue weighted by Gasteiger charge is 2.07. The molecule has 1 nitrogen and oxygen atoms in total. The summed E-state index contributed by atoms with van der Waals surface area (Å²) in [7, 11) is 0. The van der Waals surface area contributed by atoms with Crippen LogP contribution in [0.25, 0.3) is 11.1 Å². The number of carbonyl (C=O) groups is 1. The maximum absolute atomic E-state index is 12.9. The Morgan fingerprint density at radius 3 is 2.00 bits per heavy atom. The molecule has 0 saturated heterocycles. The fourth-order valence-electron chi connectivity index (χ4n) is 2.14. The first-order valence-electron chi connectivity index (χ1n) is 5.44. The number of hydrogen-bond acceptors (Lipinski definition) is 1. The number of hydrogen-bond donors (Lipinski definition) is 0. The molecule has 0 radical (unpaired) electrons. The molecule has 0 saturated carbocycles. The van der Waals surface area contributed by atoms with Gasteiger partial charge in [-0.15, -0.1) is 0 Å². The first-order chi connectivity index (χ1) is 8.11. The standard InChI is InChI=1S/C15H13FO/c1-10-7-12(9-17)8-11(2)15(10)13-3-5-14(16)6-4-13/h3-9H,1-2H3. The van der Waals surface area contributed by atoms with Gasteiger partial charge >= 0.3 is 0 Å². The number of aryl methyl sites for hydroxylation is 2. The molecule has 0 aliphatic carbocycles. The lowest BCUT2D eigenvalue weighted by atomic mass is 9.94. The van der Waals surface area contributed by atoms with Gasteiger partial charge in [0.2, 0.25) is 0 Å². The molecule has 2 heteroatoms. The summed E-state index contributed by atoms with van der Waals surface area (Å²) < 4.78 is 12.9. The van der Waals surface area contributed by atoms with Gasteiger partial charge in [-0.1, -0.05) is 12.1 Å². The first-order valence-corrected chi connectivity index (χ1v) is 5.44. The molecule has 0 fully saturated rings. The molecule has 0 N–H and O–H groups in total. The van der Waals surface area contributed by atoms with Gasteiger partial charge in [0.15, 0.2) is 0 Å². The maximum atomic E-state index is 12.9. The van der Waals surface area contributed by atoms with Gasteiger partial charge in [-0.05, 0) is 60.4 Å². The Hall–Kier alpha value is -1.96. The Labute approximate surface area is 99.9 Å². The SMILES string of the molecule is Cc1cc(C=O)cc(C)c1-c1ccc(F)cc1. The first kappa shape index (κ1) is 11.5. The van der Waals surface area contributed by atoms with Gasteiger partial charge in [0.1, 0.15) is 12.1 Å². The highest BCUT2D eigenvalue weighted by Crippen LogP contribution is 2.28. The van der Waals surface area contributed by atoms with E-state index in [2.05, 4.69) is 0 Å². The van der Waals surface area contributed by atoms with Crippen molar-refractivity contribution in [3.8, 4) is 11.1 Å². The Kier molecular flexibility index (Phi) is 3.05. The molecule has 2 aromatic rings. The van der Waals surface area contributed by atoms with Crippen LogP contribution < -0.4 is 0 Å². The Bertz CT molecular complexity index is 533. The van der Waals surface area contributed by atoms with Crippen LogP contribution in [0.4, 0.5) is 4.39 Å². The van der Waals surface area contributed by atoms with Crippen LogP contribution in [0, 0.1) is 19.7 Å². The zero-order valence-corrected chi connectivity index (χ0v) is 9.83. The third-order valence-electron chi connectivity index (χ3n) is 2.82. The minimum atomic E-state index is -0.242. The predicted molar refractivity (Wildman–Crippen MR) is 66.7 cm³/mol. The molecule has 0 aliphatic rings. The van der Waals surface area contributed by atoms with Gasteiger partial charge in [0.25, 0.3) is 0 Å². The van der Waals surface area contributed by atoms with E-state index in [0.29, 0.717) is 5.56 Å². The van der Waals surface area contributed by atoms with Crippen molar-refractivity contribution in [3.05, 3.63) is 58.9 Å². The van der Waals surface area contributed by atoms with Gasteiger partial charge in [-0.25, -0.2) is 4.39 Å². The van der Waals surface area contributed by atoms with Gasteiger partial charge < -0.3 is 0 Å². The number of aldehydes is 1. The van der Waals surface area contributed by atoms with Crippen LogP contribution >= 0.6 is 0 Å². The Morgan fingerprint density at radius 1 is 1.00 bits per heavy atom. The van der Waals surface area contributed by atoms with E-state index in [1.807, 2.05) is 26.0 Å². The van der Waals surface area contributed by atoms with Crippen LogP contribution in [-0.2, 0) is 0 Å². The third-order valence-corrected chi connectivity index (χ3v) is 2.82. The average Bonchev–Trinajstić information content (AvgIpc) is 2.30. The van der Waals surface area contributed by atoms with Crippen molar-refractivity contribution in [2.45, 2.75) is 13.8 Å². The molecule has 2 rings (SSSR count). The summed E-state index contributed by atoms with van der Waals surface area (Å²) in [6.07, 6.45) is 0.842. The zero-order valence-electron chi connectivity index (χ0n) is 9.83. The average molecular weight is 228 g/mol. The normalized spacial score (nSPS) is 10.3. The van der Waals surface area contributed by atoms with Crippen LogP contribution in [0.15, 0.2) is 36.4 Å². The van der Waals surface area contributed by atoms with E-state index < -0.39 is 0 Å². The third kappa shape index (κ3) is 2.26. The summed E-state index contributed by atoms with van der Waals surface area (Å²) >= 11 is 0. The zero-order chi connectivity index (χ0) is 12.4. The van der Waals surface area contributed by atoms with Gasteiger partial charge in [-0.2, -0.15) is 0 Å². The second-order valence-corrected chi connectivity index (χ2v) is 4.15. The molecule has 0 spiro atoms. The fraction of sp³-hybridized carbons (Fsp3) is 0.133. The topological polar surface area (TPSA) is 17.1 Å². The summed E-state index contributed by atoms with van der Waals surface area (Å²) in [6, 6.07) is 10.1. The van der Waals surface area contributed by atoms with Crippen molar-refractivity contribution in [2.24, 2.45) is 0 Å². The summed E-state index contributed by atoms with van der Waals surface area (Å²) in [6.45, 7) is 3.91. The van der Waals surface area contributed by atoms with E-state index in [4.69, 9.17) is 0 Å². The largest absolute Gasteiger partial charge is 0.298 e. The maximum Gasteiger partial charge on any atom is 0.150 e. The number of carbonyl (C=O) groups excluding carboxylic acids is 1. The molecular formula is C15H13FO. The predicted octanol–water partition coefficient (Wildman–Crippen LogP) is 3.92. The van der Waals surface area contributed by atoms with Crippen molar-refractivity contribution in [2.75, 3.05) is 0 Å². The van der Waals surface area contributed by atoms with Crippen LogP contribution in [-0.4, -0.2) is 6.29 Å². The van der Waals surface area contributed by atoms with Crippen molar-refractivity contribution in [3.63, 3.8) is 0 Å². The highest BCUT2D eigenvalue weighted by molar-refractivity contribution is 5.80. The summed E-state index contributed by atoms with van der Waals surface area (Å²) in [5.74, 6) is -0.242. The van der Waals surface area contributed by atoms with E-state index in [1.54, 1.807) is 12.1 Å². The van der Waals surface area contributed by atoms with E-state index in [9.17, 15) is 9.18 Å². The highest BCUT2D eigenvalue weighted by atomic mass is 19.1. The minimum absolute atomic E-state index is 0.242. The summed E-state index contributed by atoms with van der Waals surface area (Å²) in [5.41, 5.74) is 4.76. The van der Waals surface area contributed by atoms with Crippen LogP contribution in [0.5, 0.6) is 0 Å². The quantitative estimate of drug-likeness (QED) is 0.712. The minimum Gasteiger partial charge on any atom is -0.298 e. The van der Waals surface area contributed by atoms with Gasteiger partial charge in [-0.3, -0.25) is 4.79 Å². The fourth-order valence-corrected chi connectivity index (χ4v) is 2.14. The van der Waals surface area contributed by atoms with Crippen molar-refractivity contribution in [1.29, 1.82) is 0 Å². The lowest BCUT2D eigenvalue weighted by Gasteiger charge is -2.11. The lowest BCUT2D eigenvalue weighted by molar-refractivity contribution is 0.112. The van der Waals surface area contributed by atoms with Gasteiger partial charge in [0, 0.05) is 5.56 Å². The smallest absolute Gasteiger partial charge is 0.150 e. The van der Waals surface area contributed by atoms with Gasteiger partial charge in [0.05, 0.1) is 0 Å². The van der Waals surface area contributed by atoms with E-state index >= 15 is 0 Å². The van der Waals surface area contributed by atoms with Crippen LogP contribution in [0.2, 0.25) is 0 Å². The Morgan fingerprint density at radius 2 is 1.53 bits per heavy atom. The number of benzene rings is 2.